The van der Waals surface area contributed by atoms with Crippen molar-refractivity contribution in [1.82, 2.24) is 49.1 Å². The van der Waals surface area contributed by atoms with Gasteiger partial charge in [0.05, 0.1) is 108 Å². The maximum atomic E-state index is 13.7. The van der Waals surface area contributed by atoms with Gasteiger partial charge >= 0.3 is 0 Å². The minimum Gasteiger partial charge on any atom is -0.496 e. The zero-order valence-corrected chi connectivity index (χ0v) is 55.0. The number of sulfonamides is 1. The van der Waals surface area contributed by atoms with Gasteiger partial charge in [0, 0.05) is 87.2 Å². The molecule has 10 heterocycles. The summed E-state index contributed by atoms with van der Waals surface area (Å²) in [7, 11) is 1.68. The molecular formula is C68H60ClN11O13S2. The van der Waals surface area contributed by atoms with Crippen molar-refractivity contribution < 1.29 is 44.6 Å². The number of methoxy groups -OCH3 is 3. The number of hydrogen-bond acceptors (Lipinski definition) is 20. The third-order valence-electron chi connectivity index (χ3n) is 15.6. The Morgan fingerprint density at radius 2 is 0.811 bits per heavy atom. The fraction of sp³-hybridized carbons (Fsp3) is 0.176. The molecule has 95 heavy (non-hydrogen) atoms. The summed E-state index contributed by atoms with van der Waals surface area (Å²) in [6, 6.07) is 37.9. The van der Waals surface area contributed by atoms with Gasteiger partial charge in [-0.2, -0.15) is 0 Å². The number of nitrogens with one attached hydrogen (secondary N) is 1. The van der Waals surface area contributed by atoms with Crippen molar-refractivity contribution in [2.75, 3.05) is 26.1 Å². The highest BCUT2D eigenvalue weighted by atomic mass is 35.7. The van der Waals surface area contributed by atoms with E-state index < -0.39 is 40.0 Å². The number of ether oxygens (including phenoxy) is 3. The maximum absolute atomic E-state index is 13.7. The predicted octanol–water partition coefficient (Wildman–Crippen LogP) is 11.3. The standard InChI is InChI=1S/C26H23N5O5S.C21H18ClN3O5S.C21H19N3O3/c1-16-25(17(2)36-29-16)20-12-18-13-23(37(33,34)30-24-9-5-7-11-28-24)26(32)31(21(18)14-22(20)35-3)15-19-8-4-6-10-27-19;1-12-20(13(2)30-24-12)16-8-14-9-19(31(22,27)28)21(26)25(17(14)10-18(16)29-3)11-15-6-4-5-7-23-15;1-13-21(14(2)27-23-13)17-10-15-7-8-20(25)24(18(15)11-19(17)26-3)12-16-6-4-5-9-22-16/h4-14H,15H2,1-3H3,(H,28,30);4-10H,11H2,1-3H3;4-11H,12H2,1-3H3. The minimum atomic E-state index is -4.28. The lowest BCUT2D eigenvalue weighted by molar-refractivity contribution is 0.393. The van der Waals surface area contributed by atoms with Crippen LogP contribution in [-0.2, 0) is 38.7 Å². The Kier molecular flexibility index (Phi) is 18.8. The lowest BCUT2D eigenvalue weighted by Gasteiger charge is -2.17. The second-order valence-electron chi connectivity index (χ2n) is 21.7. The van der Waals surface area contributed by atoms with E-state index in [9.17, 15) is 31.2 Å². The van der Waals surface area contributed by atoms with E-state index >= 15 is 0 Å². The van der Waals surface area contributed by atoms with Crippen LogP contribution in [0.2, 0.25) is 0 Å². The summed E-state index contributed by atoms with van der Waals surface area (Å²) in [6.45, 7) is 11.4. The normalized spacial score (nSPS) is 11.5. The van der Waals surface area contributed by atoms with Gasteiger partial charge in [0.2, 0.25) is 0 Å². The topological polar surface area (TPSA) is 304 Å². The molecule has 10 aromatic heterocycles. The van der Waals surface area contributed by atoms with E-state index in [1.807, 2.05) is 57.2 Å². The number of pyridine rings is 7. The number of nitrogens with zero attached hydrogens (tertiary/aromatic N) is 10. The average Bonchev–Trinajstić information content (AvgIpc) is 1.42. The summed E-state index contributed by atoms with van der Waals surface area (Å²) in [5.41, 5.74) is 8.94. The second-order valence-corrected chi connectivity index (χ2v) is 25.9. The van der Waals surface area contributed by atoms with Crippen LogP contribution in [-0.4, -0.2) is 87.3 Å². The summed E-state index contributed by atoms with van der Waals surface area (Å²) in [5.74, 6) is 3.63. The van der Waals surface area contributed by atoms with Crippen molar-refractivity contribution in [2.24, 2.45) is 0 Å². The Labute approximate surface area is 547 Å². The SMILES string of the molecule is COc1cc2c(cc1-c1c(C)noc1C)cc(S(=O)(=O)Cl)c(=O)n2Cc1ccccn1.COc1cc2c(cc1-c1c(C)noc1C)cc(S(=O)(=O)Nc1ccccn1)c(=O)n2Cc1ccccn1.COc1cc2c(ccc(=O)n2Cc2ccccn2)cc1-c1c(C)noc1C. The second kappa shape index (κ2) is 27.2. The molecule has 0 aliphatic heterocycles. The first-order valence-corrected chi connectivity index (χ1v) is 33.0. The quantitative estimate of drug-likeness (QED) is 0.0879. The molecule has 0 unspecified atom stereocenters. The van der Waals surface area contributed by atoms with Gasteiger partial charge in [-0.3, -0.25) is 34.1 Å². The van der Waals surface area contributed by atoms with Crippen LogP contribution in [0.1, 0.15) is 51.4 Å². The van der Waals surface area contributed by atoms with Crippen LogP contribution in [0.25, 0.3) is 66.1 Å². The molecule has 27 heteroatoms. The third kappa shape index (κ3) is 13.6. The molecule has 3 aromatic carbocycles. The van der Waals surface area contributed by atoms with Crippen molar-refractivity contribution in [3.8, 4) is 50.6 Å². The Balaban J connectivity index is 0.000000147. The van der Waals surface area contributed by atoms with Gasteiger partial charge in [-0.1, -0.05) is 39.7 Å². The molecule has 13 rings (SSSR count). The lowest BCUT2D eigenvalue weighted by atomic mass is 10.0. The minimum absolute atomic E-state index is 0.0525. The van der Waals surface area contributed by atoms with E-state index in [0.29, 0.717) is 91.0 Å². The highest BCUT2D eigenvalue weighted by Crippen LogP contribution is 2.41. The first-order chi connectivity index (χ1) is 45.6. The molecule has 24 nitrogen and oxygen atoms in total. The molecule has 0 bridgehead atoms. The van der Waals surface area contributed by atoms with Gasteiger partial charge in [0.25, 0.3) is 35.8 Å². The van der Waals surface area contributed by atoms with Crippen LogP contribution in [0.15, 0.2) is 196 Å². The van der Waals surface area contributed by atoms with Crippen LogP contribution in [0.4, 0.5) is 5.82 Å². The number of halogens is 1. The Morgan fingerprint density at radius 1 is 0.442 bits per heavy atom. The highest BCUT2D eigenvalue weighted by Gasteiger charge is 2.27. The maximum Gasteiger partial charge on any atom is 0.272 e. The molecule has 0 atom stereocenters. The molecule has 0 saturated heterocycles. The Hall–Kier alpha value is -11.1. The average molecular weight is 1340 g/mol. The van der Waals surface area contributed by atoms with E-state index in [-0.39, 0.29) is 24.5 Å². The number of aryl methyl sites for hydroxylation is 6. The van der Waals surface area contributed by atoms with E-state index in [2.05, 4.69) is 40.1 Å². The monoisotopic (exact) mass is 1340 g/mol. The van der Waals surface area contributed by atoms with Crippen LogP contribution < -0.4 is 35.6 Å². The molecule has 0 radical (unpaired) electrons. The molecule has 0 aliphatic carbocycles. The van der Waals surface area contributed by atoms with Crippen LogP contribution in [0.3, 0.4) is 0 Å². The largest absolute Gasteiger partial charge is 0.496 e. The summed E-state index contributed by atoms with van der Waals surface area (Å²) < 4.78 is 90.7. The summed E-state index contributed by atoms with van der Waals surface area (Å²) >= 11 is 0. The zero-order valence-electron chi connectivity index (χ0n) is 52.6. The van der Waals surface area contributed by atoms with Crippen LogP contribution >= 0.6 is 10.7 Å². The molecule has 0 aliphatic rings. The van der Waals surface area contributed by atoms with E-state index in [1.165, 1.54) is 47.7 Å². The highest BCUT2D eigenvalue weighted by molar-refractivity contribution is 8.13. The molecule has 0 saturated carbocycles. The number of benzene rings is 3. The first kappa shape index (κ1) is 65.4. The van der Waals surface area contributed by atoms with Crippen LogP contribution in [0, 0.1) is 41.5 Å². The van der Waals surface area contributed by atoms with Gasteiger partial charge < -0.3 is 41.5 Å². The van der Waals surface area contributed by atoms with E-state index in [4.69, 9.17) is 38.5 Å². The zero-order chi connectivity index (χ0) is 67.5. The molecule has 13 aromatic rings. The first-order valence-electron chi connectivity index (χ1n) is 29.2. The summed E-state index contributed by atoms with van der Waals surface area (Å²) in [4.78, 5) is 55.3. The molecular weight excluding hydrogens is 1280 g/mol. The van der Waals surface area contributed by atoms with Crippen molar-refractivity contribution in [3.63, 3.8) is 0 Å². The van der Waals surface area contributed by atoms with Crippen molar-refractivity contribution in [3.05, 3.63) is 241 Å². The molecule has 484 valence electrons. The lowest BCUT2D eigenvalue weighted by Crippen LogP contribution is -2.29. The predicted molar refractivity (Wildman–Crippen MR) is 357 cm³/mol. The van der Waals surface area contributed by atoms with Crippen LogP contribution in [0.5, 0.6) is 17.2 Å². The van der Waals surface area contributed by atoms with E-state index in [0.717, 1.165) is 50.3 Å². The van der Waals surface area contributed by atoms with Gasteiger partial charge in [-0.15, -0.1) is 0 Å². The number of anilines is 1. The summed E-state index contributed by atoms with van der Waals surface area (Å²) in [5, 5.41) is 14.0. The Bertz CT molecular complexity index is 5410. The third-order valence-corrected chi connectivity index (χ3v) is 18.2. The Morgan fingerprint density at radius 3 is 1.17 bits per heavy atom. The smallest absolute Gasteiger partial charge is 0.272 e. The fourth-order valence-electron chi connectivity index (χ4n) is 11.2. The molecule has 0 amide bonds. The number of hydrogen-bond donors (Lipinski definition) is 1. The molecule has 0 spiro atoms. The van der Waals surface area contributed by atoms with E-state index in [1.54, 1.807) is 130 Å². The number of fused-ring (bicyclic) bond motifs is 3. The number of aromatic nitrogens is 10. The van der Waals surface area contributed by atoms with Gasteiger partial charge in [-0.25, -0.2) is 21.8 Å². The van der Waals surface area contributed by atoms with Gasteiger partial charge in [0.1, 0.15) is 45.2 Å². The summed E-state index contributed by atoms with van der Waals surface area (Å²) in [6.07, 6.45) is 6.39. The molecule has 0 fully saturated rings. The van der Waals surface area contributed by atoms with Gasteiger partial charge in [0.15, 0.2) is 4.90 Å². The van der Waals surface area contributed by atoms with Crippen molar-refractivity contribution in [1.29, 1.82) is 0 Å². The van der Waals surface area contributed by atoms with Gasteiger partial charge in [-0.05, 0) is 132 Å². The van der Waals surface area contributed by atoms with Crippen molar-refractivity contribution in [2.45, 2.75) is 71.0 Å². The van der Waals surface area contributed by atoms with Crippen molar-refractivity contribution >= 4 is 68.3 Å². The fourth-order valence-corrected chi connectivity index (χ4v) is 13.2. The molecule has 1 N–H and O–H groups in total. The number of rotatable bonds is 16.